The summed E-state index contributed by atoms with van der Waals surface area (Å²) in [7, 11) is 1.59. The minimum atomic E-state index is -1.51. The highest BCUT2D eigenvalue weighted by Gasteiger charge is 2.75. The van der Waals surface area contributed by atoms with E-state index in [0.29, 0.717) is 11.4 Å². The summed E-state index contributed by atoms with van der Waals surface area (Å²) in [4.78, 5) is 28.0. The summed E-state index contributed by atoms with van der Waals surface area (Å²) >= 11 is 0. The van der Waals surface area contributed by atoms with Crippen molar-refractivity contribution >= 4 is 17.6 Å². The lowest BCUT2D eigenvalue weighted by Crippen LogP contribution is -2.74. The normalized spacial score (nSPS) is 27.1. The average Bonchev–Trinajstić information content (AvgIpc) is 3.06. The first-order valence-electron chi connectivity index (χ1n) is 9.91. The van der Waals surface area contributed by atoms with Crippen molar-refractivity contribution in [1.82, 2.24) is 0 Å². The lowest BCUT2D eigenvalue weighted by Gasteiger charge is -2.54. The van der Waals surface area contributed by atoms with Crippen LogP contribution in [-0.2, 0) is 23.8 Å². The molecule has 0 aromatic heterocycles. The van der Waals surface area contributed by atoms with Gasteiger partial charge in [0.2, 0.25) is 5.60 Å². The average molecular weight is 411 g/mol. The molecule has 1 amide bonds. The van der Waals surface area contributed by atoms with Crippen LogP contribution in [0.1, 0.15) is 32.4 Å². The number of rotatable bonds is 5. The highest BCUT2D eigenvalue weighted by Crippen LogP contribution is 2.56. The van der Waals surface area contributed by atoms with Gasteiger partial charge in [-0.15, -0.1) is 0 Å². The molecule has 2 saturated heterocycles. The molecule has 2 aromatic rings. The third-order valence-electron chi connectivity index (χ3n) is 5.39. The molecule has 0 unspecified atom stereocenters. The van der Waals surface area contributed by atoms with Gasteiger partial charge in [-0.25, -0.2) is 4.79 Å². The molecule has 158 valence electrons. The van der Waals surface area contributed by atoms with Gasteiger partial charge < -0.3 is 18.9 Å². The maximum absolute atomic E-state index is 13.6. The van der Waals surface area contributed by atoms with E-state index < -0.39 is 29.5 Å². The maximum atomic E-state index is 13.6. The Labute approximate surface area is 175 Å². The fourth-order valence-electron chi connectivity index (χ4n) is 4.24. The van der Waals surface area contributed by atoms with Crippen LogP contribution in [0.3, 0.4) is 0 Å². The van der Waals surface area contributed by atoms with Crippen LogP contribution in [0.5, 0.6) is 5.75 Å². The van der Waals surface area contributed by atoms with Gasteiger partial charge in [0.1, 0.15) is 11.8 Å². The molecule has 30 heavy (non-hydrogen) atoms. The van der Waals surface area contributed by atoms with Gasteiger partial charge in [0, 0.05) is 5.69 Å². The van der Waals surface area contributed by atoms with Gasteiger partial charge in [0.05, 0.1) is 13.7 Å². The molecule has 0 bridgehead atoms. The third kappa shape index (κ3) is 3.05. The lowest BCUT2D eigenvalue weighted by molar-refractivity contribution is -0.189. The molecule has 1 spiro atoms. The van der Waals surface area contributed by atoms with Gasteiger partial charge in [-0.3, -0.25) is 9.69 Å². The summed E-state index contributed by atoms with van der Waals surface area (Å²) < 4.78 is 22.6. The SMILES string of the molecule is CCOC(=O)[C@@H]1OC(C)(C)O[C@@]12C(=O)N(c1ccccc1)[C@@H]2c1ccc(OC)cc1. The molecule has 2 aromatic carbocycles. The Morgan fingerprint density at radius 3 is 2.37 bits per heavy atom. The Bertz CT molecular complexity index is 942. The van der Waals surface area contributed by atoms with E-state index in [4.69, 9.17) is 18.9 Å². The number of carbonyl (C=O) groups excluding carboxylic acids is 2. The number of nitrogens with zero attached hydrogens (tertiary/aromatic N) is 1. The Hall–Kier alpha value is -2.90. The summed E-state index contributed by atoms with van der Waals surface area (Å²) in [6.45, 7) is 5.28. The van der Waals surface area contributed by atoms with Crippen molar-refractivity contribution in [2.24, 2.45) is 0 Å². The van der Waals surface area contributed by atoms with E-state index in [9.17, 15) is 9.59 Å². The molecule has 0 aliphatic carbocycles. The summed E-state index contributed by atoms with van der Waals surface area (Å²) in [5.41, 5.74) is -0.0000871. The number of benzene rings is 2. The number of hydrogen-bond donors (Lipinski definition) is 0. The Balaban J connectivity index is 1.84. The van der Waals surface area contributed by atoms with Gasteiger partial charge in [-0.05, 0) is 50.6 Å². The molecule has 2 fully saturated rings. The molecule has 4 rings (SSSR count). The molecule has 0 radical (unpaired) electrons. The maximum Gasteiger partial charge on any atom is 0.339 e. The number of β-lactam (4-membered cyclic amide) rings is 1. The van der Waals surface area contributed by atoms with Crippen LogP contribution in [0.25, 0.3) is 0 Å². The van der Waals surface area contributed by atoms with Crippen LogP contribution in [0.15, 0.2) is 54.6 Å². The number of ether oxygens (including phenoxy) is 4. The predicted molar refractivity (Wildman–Crippen MR) is 109 cm³/mol. The minimum absolute atomic E-state index is 0.180. The first-order chi connectivity index (χ1) is 14.3. The molecule has 3 atom stereocenters. The first-order valence-corrected chi connectivity index (χ1v) is 9.91. The fourth-order valence-corrected chi connectivity index (χ4v) is 4.24. The number of para-hydroxylation sites is 1. The van der Waals surface area contributed by atoms with Crippen LogP contribution >= 0.6 is 0 Å². The van der Waals surface area contributed by atoms with Crippen LogP contribution in [-0.4, -0.2) is 43.1 Å². The van der Waals surface area contributed by atoms with E-state index in [-0.39, 0.29) is 12.5 Å². The highest BCUT2D eigenvalue weighted by atomic mass is 16.8. The highest BCUT2D eigenvalue weighted by molar-refractivity contribution is 6.11. The van der Waals surface area contributed by atoms with E-state index in [2.05, 4.69) is 0 Å². The molecular weight excluding hydrogens is 386 g/mol. The summed E-state index contributed by atoms with van der Waals surface area (Å²) in [5.74, 6) is -1.38. The van der Waals surface area contributed by atoms with Crippen molar-refractivity contribution in [3.8, 4) is 5.75 Å². The molecular formula is C23H25NO6. The van der Waals surface area contributed by atoms with E-state index in [1.165, 1.54) is 0 Å². The Kier molecular flexibility index (Phi) is 5.03. The molecule has 2 aliphatic heterocycles. The van der Waals surface area contributed by atoms with E-state index in [1.54, 1.807) is 32.8 Å². The molecule has 7 heteroatoms. The van der Waals surface area contributed by atoms with E-state index >= 15 is 0 Å². The van der Waals surface area contributed by atoms with Crippen molar-refractivity contribution in [2.45, 2.75) is 44.3 Å². The van der Waals surface area contributed by atoms with E-state index in [0.717, 1.165) is 5.56 Å². The lowest BCUT2D eigenvalue weighted by atomic mass is 9.73. The van der Waals surface area contributed by atoms with Crippen molar-refractivity contribution in [2.75, 3.05) is 18.6 Å². The second kappa shape index (κ2) is 7.41. The second-order valence-electron chi connectivity index (χ2n) is 7.73. The van der Waals surface area contributed by atoms with Gasteiger partial charge in [-0.1, -0.05) is 30.3 Å². The molecule has 0 N–H and O–H groups in total. The van der Waals surface area contributed by atoms with Gasteiger partial charge in [0.15, 0.2) is 11.9 Å². The van der Waals surface area contributed by atoms with Crippen LogP contribution in [0.4, 0.5) is 5.69 Å². The summed E-state index contributed by atoms with van der Waals surface area (Å²) in [5, 5.41) is 0. The Morgan fingerprint density at radius 2 is 1.77 bits per heavy atom. The number of hydrogen-bond acceptors (Lipinski definition) is 6. The molecule has 7 nitrogen and oxygen atoms in total. The zero-order valence-corrected chi connectivity index (χ0v) is 17.5. The monoisotopic (exact) mass is 411 g/mol. The zero-order chi connectivity index (χ0) is 21.5. The van der Waals surface area contributed by atoms with Crippen LogP contribution in [0, 0.1) is 0 Å². The van der Waals surface area contributed by atoms with Crippen molar-refractivity contribution in [1.29, 1.82) is 0 Å². The number of anilines is 1. The fraction of sp³-hybridized carbons (Fsp3) is 0.391. The van der Waals surface area contributed by atoms with E-state index in [1.807, 2.05) is 54.6 Å². The van der Waals surface area contributed by atoms with Gasteiger partial charge in [0.25, 0.3) is 5.91 Å². The van der Waals surface area contributed by atoms with Gasteiger partial charge in [-0.2, -0.15) is 0 Å². The second-order valence-corrected chi connectivity index (χ2v) is 7.73. The summed E-state index contributed by atoms with van der Waals surface area (Å²) in [6, 6.07) is 16.1. The number of esters is 1. The first kappa shape index (κ1) is 20.4. The number of amides is 1. The molecule has 2 aliphatic rings. The Morgan fingerprint density at radius 1 is 1.10 bits per heavy atom. The van der Waals surface area contributed by atoms with Crippen molar-refractivity contribution in [3.63, 3.8) is 0 Å². The van der Waals surface area contributed by atoms with Crippen LogP contribution in [0.2, 0.25) is 0 Å². The van der Waals surface area contributed by atoms with Crippen molar-refractivity contribution in [3.05, 3.63) is 60.2 Å². The summed E-state index contributed by atoms with van der Waals surface area (Å²) in [6.07, 6.45) is -1.17. The number of carbonyl (C=O) groups is 2. The minimum Gasteiger partial charge on any atom is -0.497 e. The van der Waals surface area contributed by atoms with Crippen molar-refractivity contribution < 1.29 is 28.5 Å². The quantitative estimate of drug-likeness (QED) is 0.556. The van der Waals surface area contributed by atoms with Gasteiger partial charge >= 0.3 is 5.97 Å². The third-order valence-corrected chi connectivity index (χ3v) is 5.39. The molecule has 0 saturated carbocycles. The topological polar surface area (TPSA) is 74.3 Å². The smallest absolute Gasteiger partial charge is 0.339 e. The largest absolute Gasteiger partial charge is 0.497 e. The standard InChI is InChI=1S/C23H25NO6/c1-5-28-20(25)19-23(30-22(2,3)29-19)18(15-11-13-17(27-4)14-12-15)24(21(23)26)16-9-7-6-8-10-16/h6-14,18-19H,5H2,1-4H3/t18-,19+,23-/m1/s1. The van der Waals surface area contributed by atoms with Crippen LogP contribution < -0.4 is 9.64 Å². The molecule has 2 heterocycles. The zero-order valence-electron chi connectivity index (χ0n) is 17.5. The number of methoxy groups -OCH3 is 1. The predicted octanol–water partition coefficient (Wildman–Crippen LogP) is 3.24.